The largest absolute Gasteiger partial charge is 0.299 e. The van der Waals surface area contributed by atoms with Crippen LogP contribution in [0, 0.1) is 16.7 Å². The quantitative estimate of drug-likeness (QED) is 0.637. The van der Waals surface area contributed by atoms with Gasteiger partial charge < -0.3 is 0 Å². The molecule has 2 aliphatic carbocycles. The van der Waals surface area contributed by atoms with Gasteiger partial charge in [0.25, 0.3) is 0 Å². The van der Waals surface area contributed by atoms with E-state index < -0.39 is 0 Å². The highest BCUT2D eigenvalue weighted by atomic mass is 16.1. The number of ketones is 1. The Kier molecular flexibility index (Phi) is 1.89. The number of carbonyl (C=O) groups is 1. The normalized spacial score (nSPS) is 45.1. The molecule has 0 unspecified atom stereocenters. The van der Waals surface area contributed by atoms with Gasteiger partial charge in [-0.2, -0.15) is 0 Å². The first kappa shape index (κ1) is 10.2. The van der Waals surface area contributed by atoms with E-state index in [0.29, 0.717) is 11.7 Å². The Bertz CT molecular complexity index is 282. The maximum atomic E-state index is 12.3. The Hall–Kier alpha value is -0.370. The average Bonchev–Trinajstić information content (AvgIpc) is 2.35. The van der Waals surface area contributed by atoms with Crippen LogP contribution >= 0.6 is 0 Å². The minimum Gasteiger partial charge on any atom is -0.299 e. The van der Waals surface area contributed by atoms with Gasteiger partial charge in [0.1, 0.15) is 0 Å². The molecule has 0 aromatic rings. The maximum Gasteiger partial charge on any atom is 0.156 e. The molecule has 2 fully saturated rings. The van der Waals surface area contributed by atoms with Crippen LogP contribution in [0.25, 0.3) is 0 Å². The molecule has 0 aliphatic heterocycles. The molecule has 0 amide bonds. The summed E-state index contributed by atoms with van der Waals surface area (Å²) in [6.07, 6.45) is 2.31. The first-order valence-corrected chi connectivity index (χ1v) is 5.53. The van der Waals surface area contributed by atoms with Gasteiger partial charge in [0.2, 0.25) is 0 Å². The van der Waals surface area contributed by atoms with Gasteiger partial charge in [0, 0.05) is 5.41 Å². The molecule has 3 atom stereocenters. The van der Waals surface area contributed by atoms with Crippen molar-refractivity contribution in [2.45, 2.75) is 39.7 Å². The molecule has 0 aromatic heterocycles. The summed E-state index contributed by atoms with van der Waals surface area (Å²) >= 11 is 0. The summed E-state index contributed by atoms with van der Waals surface area (Å²) in [5, 5.41) is 0. The fraction of sp³-hybridized carbons (Fsp3) is 0.917. The van der Waals surface area contributed by atoms with Crippen molar-refractivity contribution in [1.29, 1.82) is 0 Å². The fourth-order valence-corrected chi connectivity index (χ4v) is 3.63. The van der Waals surface area contributed by atoms with Crippen molar-refractivity contribution in [2.75, 3.05) is 14.1 Å². The van der Waals surface area contributed by atoms with E-state index in [1.54, 1.807) is 0 Å². The lowest BCUT2D eigenvalue weighted by Crippen LogP contribution is -2.42. The van der Waals surface area contributed by atoms with E-state index in [-0.39, 0.29) is 16.9 Å². The molecule has 2 rings (SSSR count). The van der Waals surface area contributed by atoms with Crippen LogP contribution in [0.1, 0.15) is 33.6 Å². The van der Waals surface area contributed by atoms with Gasteiger partial charge in [-0.25, -0.2) is 0 Å². The van der Waals surface area contributed by atoms with Gasteiger partial charge >= 0.3 is 0 Å². The lowest BCUT2D eigenvalue weighted by atomic mass is 9.70. The molecule has 2 saturated carbocycles. The fourth-order valence-electron chi connectivity index (χ4n) is 3.63. The van der Waals surface area contributed by atoms with E-state index in [4.69, 9.17) is 0 Å². The number of rotatable bonds is 1. The highest BCUT2D eigenvalue weighted by Crippen LogP contribution is 2.64. The van der Waals surface area contributed by atoms with E-state index in [0.717, 1.165) is 6.42 Å². The third kappa shape index (κ3) is 0.881. The molecule has 2 heteroatoms. The lowest BCUT2D eigenvalue weighted by Gasteiger charge is -2.32. The Morgan fingerprint density at radius 2 is 1.86 bits per heavy atom. The van der Waals surface area contributed by atoms with Crippen LogP contribution in [0.3, 0.4) is 0 Å². The van der Waals surface area contributed by atoms with Crippen LogP contribution in [0.15, 0.2) is 0 Å². The molecule has 0 N–H and O–H groups in total. The predicted molar refractivity (Wildman–Crippen MR) is 57.1 cm³/mol. The third-order valence-corrected chi connectivity index (χ3v) is 5.05. The van der Waals surface area contributed by atoms with Gasteiger partial charge in [0.05, 0.1) is 6.04 Å². The molecule has 0 radical (unpaired) electrons. The van der Waals surface area contributed by atoms with Crippen LogP contribution < -0.4 is 0 Å². The van der Waals surface area contributed by atoms with Crippen LogP contribution in [0.4, 0.5) is 0 Å². The van der Waals surface area contributed by atoms with Crippen LogP contribution in [-0.2, 0) is 4.79 Å². The van der Waals surface area contributed by atoms with Gasteiger partial charge in [-0.1, -0.05) is 20.8 Å². The van der Waals surface area contributed by atoms with Crippen molar-refractivity contribution in [3.63, 3.8) is 0 Å². The predicted octanol–water partition coefficient (Wildman–Crippen LogP) is 1.94. The summed E-state index contributed by atoms with van der Waals surface area (Å²) in [5.41, 5.74) is 0.131. The summed E-state index contributed by atoms with van der Waals surface area (Å²) in [6, 6.07) is 0.170. The molecular formula is C12H21NO. The standard InChI is InChI=1S/C12H21NO/c1-11(2)8-6-7-12(11,3)10(14)9(8)13(4)5/h8-9H,6-7H2,1-5H3/t8-,9-,12+/m1/s1. The Labute approximate surface area is 86.7 Å². The average molecular weight is 195 g/mol. The maximum absolute atomic E-state index is 12.3. The number of likely N-dealkylation sites (N-methyl/N-ethyl adjacent to an activating group) is 1. The van der Waals surface area contributed by atoms with Crippen molar-refractivity contribution >= 4 is 5.78 Å². The SMILES string of the molecule is CN(C)[C@H]1C(=O)[C@]2(C)CC[C@H]1C2(C)C. The van der Waals surface area contributed by atoms with Crippen molar-refractivity contribution < 1.29 is 4.79 Å². The minimum atomic E-state index is -0.0629. The van der Waals surface area contributed by atoms with Crippen molar-refractivity contribution in [3.8, 4) is 0 Å². The Balaban J connectivity index is 2.44. The zero-order valence-corrected chi connectivity index (χ0v) is 9.92. The molecule has 2 bridgehead atoms. The summed E-state index contributed by atoms with van der Waals surface area (Å²) in [6.45, 7) is 6.71. The Morgan fingerprint density at radius 1 is 1.29 bits per heavy atom. The number of Topliss-reactive ketones (excluding diaryl/α,β-unsaturated/α-hetero) is 1. The zero-order valence-electron chi connectivity index (χ0n) is 9.92. The third-order valence-electron chi connectivity index (χ3n) is 5.05. The summed E-state index contributed by atoms with van der Waals surface area (Å²) in [5.74, 6) is 1.04. The van der Waals surface area contributed by atoms with E-state index in [1.165, 1.54) is 6.42 Å². The van der Waals surface area contributed by atoms with Gasteiger partial charge in [-0.3, -0.25) is 9.69 Å². The van der Waals surface area contributed by atoms with E-state index in [2.05, 4.69) is 25.7 Å². The highest BCUT2D eigenvalue weighted by Gasteiger charge is 2.66. The first-order valence-electron chi connectivity index (χ1n) is 5.53. The topological polar surface area (TPSA) is 20.3 Å². The summed E-state index contributed by atoms with van der Waals surface area (Å²) in [7, 11) is 4.06. The van der Waals surface area contributed by atoms with Crippen LogP contribution in [-0.4, -0.2) is 30.8 Å². The molecule has 2 nitrogen and oxygen atoms in total. The molecule has 0 heterocycles. The van der Waals surface area contributed by atoms with Crippen LogP contribution in [0.5, 0.6) is 0 Å². The van der Waals surface area contributed by atoms with Gasteiger partial charge in [-0.05, 0) is 38.3 Å². The van der Waals surface area contributed by atoms with E-state index in [9.17, 15) is 4.79 Å². The number of hydrogen-bond donors (Lipinski definition) is 0. The van der Waals surface area contributed by atoms with Gasteiger partial charge in [0.15, 0.2) is 5.78 Å². The molecule has 0 saturated heterocycles. The number of hydrogen-bond acceptors (Lipinski definition) is 2. The van der Waals surface area contributed by atoms with Crippen molar-refractivity contribution in [2.24, 2.45) is 16.7 Å². The Morgan fingerprint density at radius 3 is 2.14 bits per heavy atom. The molecule has 80 valence electrons. The second-order valence-corrected chi connectivity index (χ2v) is 5.97. The lowest BCUT2D eigenvalue weighted by molar-refractivity contribution is -0.132. The van der Waals surface area contributed by atoms with Crippen LogP contribution in [0.2, 0.25) is 0 Å². The summed E-state index contributed by atoms with van der Waals surface area (Å²) in [4.78, 5) is 14.4. The minimum absolute atomic E-state index is 0.0629. The second kappa shape index (κ2) is 2.60. The monoisotopic (exact) mass is 195 g/mol. The van der Waals surface area contributed by atoms with E-state index >= 15 is 0 Å². The summed E-state index contributed by atoms with van der Waals surface area (Å²) < 4.78 is 0. The molecule has 0 aromatic carbocycles. The smallest absolute Gasteiger partial charge is 0.156 e. The van der Waals surface area contributed by atoms with E-state index in [1.807, 2.05) is 14.1 Å². The molecule has 2 aliphatic rings. The van der Waals surface area contributed by atoms with Gasteiger partial charge in [-0.15, -0.1) is 0 Å². The molecule has 14 heavy (non-hydrogen) atoms. The second-order valence-electron chi connectivity index (χ2n) is 5.97. The number of fused-ring (bicyclic) bond motifs is 2. The molecule has 0 spiro atoms. The highest BCUT2D eigenvalue weighted by molar-refractivity contribution is 5.94. The zero-order chi connectivity index (χ0) is 10.7. The first-order chi connectivity index (χ1) is 6.32. The van der Waals surface area contributed by atoms with Crippen molar-refractivity contribution in [1.82, 2.24) is 4.90 Å². The number of carbonyl (C=O) groups excluding carboxylic acids is 1. The molecular weight excluding hydrogens is 174 g/mol. The van der Waals surface area contributed by atoms with Crippen molar-refractivity contribution in [3.05, 3.63) is 0 Å². The number of nitrogens with zero attached hydrogens (tertiary/aromatic N) is 1.